The molecule has 1 aliphatic heterocycles. The Kier molecular flexibility index (Phi) is 3.81. The molecule has 7 heteroatoms. The predicted octanol–water partition coefficient (Wildman–Crippen LogP) is 0.835. The first-order valence-corrected chi connectivity index (χ1v) is 6.25. The number of amides is 2. The SMILES string of the molecule is NC(=O)CCCN1C(=O)COc2ccc(Br)nc21. The zero-order valence-corrected chi connectivity index (χ0v) is 11.1. The van der Waals surface area contributed by atoms with Gasteiger partial charge in [0, 0.05) is 13.0 Å². The fraction of sp³-hybridized carbons (Fsp3) is 0.364. The van der Waals surface area contributed by atoms with E-state index in [1.54, 1.807) is 12.1 Å². The van der Waals surface area contributed by atoms with Crippen LogP contribution < -0.4 is 15.4 Å². The first-order valence-electron chi connectivity index (χ1n) is 5.46. The van der Waals surface area contributed by atoms with Crippen LogP contribution in [0.1, 0.15) is 12.8 Å². The molecule has 6 nitrogen and oxygen atoms in total. The largest absolute Gasteiger partial charge is 0.480 e. The third-order valence-electron chi connectivity index (χ3n) is 2.52. The van der Waals surface area contributed by atoms with Gasteiger partial charge in [-0.1, -0.05) is 0 Å². The molecule has 0 saturated heterocycles. The molecule has 0 aliphatic carbocycles. The summed E-state index contributed by atoms with van der Waals surface area (Å²) in [6.07, 6.45) is 0.753. The number of primary amides is 1. The average molecular weight is 314 g/mol. The van der Waals surface area contributed by atoms with Crippen LogP contribution in [0.25, 0.3) is 0 Å². The van der Waals surface area contributed by atoms with Crippen molar-refractivity contribution in [3.8, 4) is 5.75 Å². The fourth-order valence-electron chi connectivity index (χ4n) is 1.70. The highest BCUT2D eigenvalue weighted by atomic mass is 79.9. The van der Waals surface area contributed by atoms with Crippen molar-refractivity contribution in [1.82, 2.24) is 4.98 Å². The van der Waals surface area contributed by atoms with E-state index >= 15 is 0 Å². The zero-order valence-electron chi connectivity index (χ0n) is 9.56. The summed E-state index contributed by atoms with van der Waals surface area (Å²) in [7, 11) is 0. The summed E-state index contributed by atoms with van der Waals surface area (Å²) in [6, 6.07) is 3.50. The smallest absolute Gasteiger partial charge is 0.266 e. The number of nitrogens with two attached hydrogens (primary N) is 1. The molecule has 1 aliphatic rings. The second-order valence-electron chi connectivity index (χ2n) is 3.86. The molecule has 0 radical (unpaired) electrons. The van der Waals surface area contributed by atoms with Crippen LogP contribution in [0.3, 0.4) is 0 Å². The Morgan fingerprint density at radius 1 is 1.56 bits per heavy atom. The third-order valence-corrected chi connectivity index (χ3v) is 2.96. The van der Waals surface area contributed by atoms with E-state index in [1.165, 1.54) is 4.90 Å². The van der Waals surface area contributed by atoms with Crippen molar-refractivity contribution in [2.45, 2.75) is 12.8 Å². The molecular formula is C11H12BrN3O3. The summed E-state index contributed by atoms with van der Waals surface area (Å²) in [4.78, 5) is 28.2. The van der Waals surface area contributed by atoms with Crippen molar-refractivity contribution in [1.29, 1.82) is 0 Å². The molecule has 0 spiro atoms. The second kappa shape index (κ2) is 5.34. The lowest BCUT2D eigenvalue weighted by molar-refractivity contribution is -0.122. The highest BCUT2D eigenvalue weighted by molar-refractivity contribution is 9.10. The highest BCUT2D eigenvalue weighted by Gasteiger charge is 2.26. The lowest BCUT2D eigenvalue weighted by atomic mass is 10.2. The Morgan fingerprint density at radius 3 is 3.06 bits per heavy atom. The van der Waals surface area contributed by atoms with Crippen LogP contribution >= 0.6 is 15.9 Å². The maximum absolute atomic E-state index is 11.8. The number of ether oxygens (including phenoxy) is 1. The van der Waals surface area contributed by atoms with Gasteiger partial charge in [0.25, 0.3) is 5.91 Å². The Bertz CT molecular complexity index is 492. The van der Waals surface area contributed by atoms with Crippen LogP contribution in [0.2, 0.25) is 0 Å². The lowest BCUT2D eigenvalue weighted by Crippen LogP contribution is -2.40. The van der Waals surface area contributed by atoms with Crippen molar-refractivity contribution >= 4 is 33.6 Å². The Balaban J connectivity index is 2.16. The molecule has 0 saturated carbocycles. The summed E-state index contributed by atoms with van der Waals surface area (Å²) in [5.74, 6) is 0.498. The van der Waals surface area contributed by atoms with Crippen LogP contribution in [-0.4, -0.2) is 29.9 Å². The molecule has 96 valence electrons. The van der Waals surface area contributed by atoms with Gasteiger partial charge in [-0.3, -0.25) is 14.5 Å². The number of hydrogen-bond acceptors (Lipinski definition) is 4. The third kappa shape index (κ3) is 2.79. The van der Waals surface area contributed by atoms with Crippen LogP contribution in [0, 0.1) is 0 Å². The number of aromatic nitrogens is 1. The van der Waals surface area contributed by atoms with E-state index in [1.807, 2.05) is 0 Å². The summed E-state index contributed by atoms with van der Waals surface area (Å²) in [5, 5.41) is 0. The van der Waals surface area contributed by atoms with Crippen LogP contribution in [0.15, 0.2) is 16.7 Å². The molecule has 2 amide bonds. The normalized spacial score (nSPS) is 14.1. The van der Waals surface area contributed by atoms with Gasteiger partial charge in [-0.25, -0.2) is 4.98 Å². The van der Waals surface area contributed by atoms with Gasteiger partial charge in [0.05, 0.1) is 0 Å². The van der Waals surface area contributed by atoms with Gasteiger partial charge in [-0.2, -0.15) is 0 Å². The van der Waals surface area contributed by atoms with Gasteiger partial charge in [0.2, 0.25) is 5.91 Å². The maximum Gasteiger partial charge on any atom is 0.266 e. The van der Waals surface area contributed by atoms with E-state index in [2.05, 4.69) is 20.9 Å². The molecule has 2 rings (SSSR count). The van der Waals surface area contributed by atoms with E-state index in [0.717, 1.165) is 0 Å². The predicted molar refractivity (Wildman–Crippen MR) is 68.2 cm³/mol. The minimum Gasteiger partial charge on any atom is -0.480 e. The molecule has 2 N–H and O–H groups in total. The first kappa shape index (κ1) is 12.8. The number of pyridine rings is 1. The van der Waals surface area contributed by atoms with E-state index in [0.29, 0.717) is 29.1 Å². The van der Waals surface area contributed by atoms with Gasteiger partial charge in [0.1, 0.15) is 4.60 Å². The number of fused-ring (bicyclic) bond motifs is 1. The molecule has 0 aromatic carbocycles. The summed E-state index contributed by atoms with van der Waals surface area (Å²) >= 11 is 3.25. The maximum atomic E-state index is 11.8. The number of halogens is 1. The Morgan fingerprint density at radius 2 is 2.33 bits per heavy atom. The molecule has 18 heavy (non-hydrogen) atoms. The molecular weight excluding hydrogens is 302 g/mol. The number of anilines is 1. The number of carbonyl (C=O) groups is 2. The van der Waals surface area contributed by atoms with Gasteiger partial charge < -0.3 is 10.5 Å². The van der Waals surface area contributed by atoms with E-state index in [-0.39, 0.29) is 24.8 Å². The van der Waals surface area contributed by atoms with Crippen molar-refractivity contribution in [3.05, 3.63) is 16.7 Å². The molecule has 2 heterocycles. The van der Waals surface area contributed by atoms with E-state index in [9.17, 15) is 9.59 Å². The summed E-state index contributed by atoms with van der Waals surface area (Å²) in [6.45, 7) is 0.397. The zero-order chi connectivity index (χ0) is 13.1. The summed E-state index contributed by atoms with van der Waals surface area (Å²) in [5.41, 5.74) is 5.07. The average Bonchev–Trinajstić information content (AvgIpc) is 2.31. The van der Waals surface area contributed by atoms with Crippen LogP contribution in [0.5, 0.6) is 5.75 Å². The number of rotatable bonds is 4. The first-order chi connectivity index (χ1) is 8.58. The van der Waals surface area contributed by atoms with Crippen molar-refractivity contribution in [2.24, 2.45) is 5.73 Å². The number of carbonyl (C=O) groups excluding carboxylic acids is 2. The Labute approximate surface area is 112 Å². The van der Waals surface area contributed by atoms with Crippen LogP contribution in [-0.2, 0) is 9.59 Å². The minimum atomic E-state index is -0.377. The second-order valence-corrected chi connectivity index (χ2v) is 4.67. The topological polar surface area (TPSA) is 85.5 Å². The number of nitrogens with zero attached hydrogens (tertiary/aromatic N) is 2. The van der Waals surface area contributed by atoms with Gasteiger partial charge in [-0.05, 0) is 34.5 Å². The molecule has 0 atom stereocenters. The van der Waals surface area contributed by atoms with Gasteiger partial charge in [-0.15, -0.1) is 0 Å². The fourth-order valence-corrected chi connectivity index (χ4v) is 2.00. The molecule has 1 aromatic heterocycles. The highest BCUT2D eigenvalue weighted by Crippen LogP contribution is 2.31. The van der Waals surface area contributed by atoms with Crippen molar-refractivity contribution < 1.29 is 14.3 Å². The quantitative estimate of drug-likeness (QED) is 0.834. The monoisotopic (exact) mass is 313 g/mol. The molecule has 0 bridgehead atoms. The van der Waals surface area contributed by atoms with E-state index in [4.69, 9.17) is 10.5 Å². The van der Waals surface area contributed by atoms with E-state index < -0.39 is 0 Å². The minimum absolute atomic E-state index is 0.00706. The molecule has 1 aromatic rings. The van der Waals surface area contributed by atoms with Crippen molar-refractivity contribution in [3.63, 3.8) is 0 Å². The summed E-state index contributed by atoms with van der Waals surface area (Å²) < 4.78 is 5.91. The van der Waals surface area contributed by atoms with Crippen molar-refractivity contribution in [2.75, 3.05) is 18.1 Å². The van der Waals surface area contributed by atoms with Gasteiger partial charge >= 0.3 is 0 Å². The van der Waals surface area contributed by atoms with Crippen LogP contribution in [0.4, 0.5) is 5.82 Å². The van der Waals surface area contributed by atoms with Gasteiger partial charge in [0.15, 0.2) is 18.2 Å². The lowest BCUT2D eigenvalue weighted by Gasteiger charge is -2.28. The molecule has 0 unspecified atom stereocenters. The molecule has 0 fully saturated rings. The standard InChI is InChI=1S/C11H12BrN3O3/c12-8-4-3-7-11(14-8)15(10(17)6-18-7)5-1-2-9(13)16/h3-4H,1-2,5-6H2,(H2,13,16). The number of hydrogen-bond donors (Lipinski definition) is 1. The Hall–Kier alpha value is -1.63.